The minimum absolute atomic E-state index is 0. The van der Waals surface area contributed by atoms with Gasteiger partial charge in [-0.3, -0.25) is 0 Å². The average Bonchev–Trinajstić information content (AvgIpc) is 3.19. The minimum Gasteiger partial charge on any atom is -0.370 e. The van der Waals surface area contributed by atoms with Gasteiger partial charge in [0.2, 0.25) is 10.0 Å². The van der Waals surface area contributed by atoms with Crippen LogP contribution < -0.4 is 15.8 Å². The molecule has 0 aliphatic heterocycles. The molecule has 1 aliphatic carbocycles. The largest absolute Gasteiger partial charge is 0.370 e. The summed E-state index contributed by atoms with van der Waals surface area (Å²) >= 11 is 0. The van der Waals surface area contributed by atoms with Gasteiger partial charge >= 0.3 is 0 Å². The molecule has 0 radical (unpaired) electrons. The van der Waals surface area contributed by atoms with Crippen LogP contribution in [0.1, 0.15) is 32.3 Å². The van der Waals surface area contributed by atoms with Gasteiger partial charge in [-0.2, -0.15) is 0 Å². The second kappa shape index (κ2) is 8.11. The van der Waals surface area contributed by atoms with Crippen LogP contribution in [0.25, 0.3) is 0 Å². The molecule has 0 bridgehead atoms. The molecule has 0 aromatic heterocycles. The van der Waals surface area contributed by atoms with E-state index in [0.29, 0.717) is 12.5 Å². The second-order valence-corrected chi connectivity index (χ2v) is 7.25. The topological polar surface area (TPSA) is 96.6 Å². The van der Waals surface area contributed by atoms with E-state index in [2.05, 4.69) is 15.0 Å². The van der Waals surface area contributed by atoms with Crippen molar-refractivity contribution in [3.05, 3.63) is 29.8 Å². The van der Waals surface area contributed by atoms with Crippen molar-refractivity contribution in [2.75, 3.05) is 0 Å². The molecule has 0 unspecified atom stereocenters. The SMILES string of the molecule is CC(C)NC(N)=NCc1ccc(S(=O)(=O)NC2CC2)cc1.I. The van der Waals surface area contributed by atoms with Crippen LogP contribution in [-0.4, -0.2) is 26.5 Å². The summed E-state index contributed by atoms with van der Waals surface area (Å²) < 4.78 is 26.7. The van der Waals surface area contributed by atoms with E-state index < -0.39 is 10.0 Å². The number of guanidine groups is 1. The molecule has 0 saturated heterocycles. The van der Waals surface area contributed by atoms with E-state index in [0.717, 1.165) is 18.4 Å². The van der Waals surface area contributed by atoms with Gasteiger partial charge in [0, 0.05) is 12.1 Å². The first kappa shape index (κ1) is 19.2. The smallest absolute Gasteiger partial charge is 0.240 e. The van der Waals surface area contributed by atoms with Gasteiger partial charge in [0.25, 0.3) is 0 Å². The van der Waals surface area contributed by atoms with Gasteiger partial charge in [-0.25, -0.2) is 18.1 Å². The van der Waals surface area contributed by atoms with Crippen molar-refractivity contribution in [2.24, 2.45) is 10.7 Å². The Morgan fingerprint density at radius 1 is 1.32 bits per heavy atom. The highest BCUT2D eigenvalue weighted by Crippen LogP contribution is 2.22. The van der Waals surface area contributed by atoms with Gasteiger partial charge in [-0.15, -0.1) is 24.0 Å². The van der Waals surface area contributed by atoms with Gasteiger partial charge in [0.1, 0.15) is 0 Å². The van der Waals surface area contributed by atoms with Crippen LogP contribution in [0.15, 0.2) is 34.2 Å². The van der Waals surface area contributed by atoms with E-state index in [1.807, 2.05) is 13.8 Å². The lowest BCUT2D eigenvalue weighted by atomic mass is 10.2. The zero-order chi connectivity index (χ0) is 15.5. The molecular weight excluding hydrogens is 415 g/mol. The summed E-state index contributed by atoms with van der Waals surface area (Å²) in [5.41, 5.74) is 6.63. The Bertz CT molecular complexity index is 610. The standard InChI is InChI=1S/C14H22N4O2S.HI/c1-10(2)17-14(15)16-9-11-3-7-13(8-4-11)21(19,20)18-12-5-6-12;/h3-4,7-8,10,12,18H,5-6,9H2,1-2H3,(H3,15,16,17);1H. The van der Waals surface area contributed by atoms with Crippen LogP contribution in [0.3, 0.4) is 0 Å². The van der Waals surface area contributed by atoms with Crippen LogP contribution in [0.5, 0.6) is 0 Å². The molecule has 0 atom stereocenters. The summed E-state index contributed by atoms with van der Waals surface area (Å²) in [6, 6.07) is 7.06. The molecular formula is C14H23IN4O2S. The lowest BCUT2D eigenvalue weighted by Gasteiger charge is -2.09. The maximum atomic E-state index is 12.0. The lowest BCUT2D eigenvalue weighted by molar-refractivity contribution is 0.581. The highest BCUT2D eigenvalue weighted by molar-refractivity contribution is 14.0. The highest BCUT2D eigenvalue weighted by Gasteiger charge is 2.27. The fourth-order valence-electron chi connectivity index (χ4n) is 1.78. The summed E-state index contributed by atoms with van der Waals surface area (Å²) in [5.74, 6) is 0.386. The number of nitrogens with zero attached hydrogens (tertiary/aromatic N) is 1. The molecule has 1 fully saturated rings. The fraction of sp³-hybridized carbons (Fsp3) is 0.500. The first-order valence-corrected chi connectivity index (χ1v) is 8.53. The molecule has 1 saturated carbocycles. The Kier molecular flexibility index (Phi) is 7.07. The van der Waals surface area contributed by atoms with Crippen molar-refractivity contribution in [1.82, 2.24) is 10.0 Å². The summed E-state index contributed by atoms with van der Waals surface area (Å²) in [4.78, 5) is 4.49. The van der Waals surface area contributed by atoms with Crippen molar-refractivity contribution in [3.8, 4) is 0 Å². The number of nitrogens with one attached hydrogen (secondary N) is 2. The Morgan fingerprint density at radius 3 is 2.41 bits per heavy atom. The van der Waals surface area contributed by atoms with E-state index in [9.17, 15) is 8.42 Å². The molecule has 1 aromatic rings. The number of hydrogen-bond acceptors (Lipinski definition) is 3. The van der Waals surface area contributed by atoms with Crippen molar-refractivity contribution in [3.63, 3.8) is 0 Å². The first-order valence-electron chi connectivity index (χ1n) is 7.04. The molecule has 124 valence electrons. The summed E-state index contributed by atoms with van der Waals surface area (Å²) in [6.45, 7) is 4.38. The predicted octanol–water partition coefficient (Wildman–Crippen LogP) is 1.56. The molecule has 2 rings (SSSR count). The van der Waals surface area contributed by atoms with Crippen molar-refractivity contribution in [1.29, 1.82) is 0 Å². The molecule has 4 N–H and O–H groups in total. The third-order valence-corrected chi connectivity index (χ3v) is 4.54. The van der Waals surface area contributed by atoms with Gasteiger partial charge in [0.05, 0.1) is 11.4 Å². The van der Waals surface area contributed by atoms with Crippen LogP contribution in [0, 0.1) is 0 Å². The third kappa shape index (κ3) is 6.09. The van der Waals surface area contributed by atoms with E-state index in [-0.39, 0.29) is 41.0 Å². The van der Waals surface area contributed by atoms with E-state index >= 15 is 0 Å². The number of halogens is 1. The van der Waals surface area contributed by atoms with Gasteiger partial charge in [-0.1, -0.05) is 12.1 Å². The zero-order valence-corrected chi connectivity index (χ0v) is 15.9. The number of aliphatic imine (C=N–C) groups is 1. The number of sulfonamides is 1. The van der Waals surface area contributed by atoms with Crippen LogP contribution >= 0.6 is 24.0 Å². The van der Waals surface area contributed by atoms with E-state index in [1.165, 1.54) is 0 Å². The molecule has 1 aromatic carbocycles. The Balaban J connectivity index is 0.00000242. The van der Waals surface area contributed by atoms with Gasteiger partial charge in [-0.05, 0) is 44.4 Å². The van der Waals surface area contributed by atoms with Crippen LogP contribution in [0.4, 0.5) is 0 Å². The Labute approximate surface area is 149 Å². The molecule has 6 nitrogen and oxygen atoms in total. The Morgan fingerprint density at radius 2 is 1.91 bits per heavy atom. The number of rotatable bonds is 6. The molecule has 8 heteroatoms. The normalized spacial score (nSPS) is 15.5. The first-order chi connectivity index (χ1) is 9.87. The predicted molar refractivity (Wildman–Crippen MR) is 98.8 cm³/mol. The average molecular weight is 438 g/mol. The maximum Gasteiger partial charge on any atom is 0.240 e. The van der Waals surface area contributed by atoms with E-state index in [1.54, 1.807) is 24.3 Å². The fourth-order valence-corrected chi connectivity index (χ4v) is 3.09. The summed E-state index contributed by atoms with van der Waals surface area (Å²) in [7, 11) is -3.38. The molecule has 22 heavy (non-hydrogen) atoms. The lowest BCUT2D eigenvalue weighted by Crippen LogP contribution is -2.36. The zero-order valence-electron chi connectivity index (χ0n) is 12.7. The van der Waals surface area contributed by atoms with Gasteiger partial charge < -0.3 is 11.1 Å². The molecule has 0 heterocycles. The van der Waals surface area contributed by atoms with E-state index in [4.69, 9.17) is 5.73 Å². The number of benzene rings is 1. The molecule has 0 amide bonds. The number of hydrogen-bond donors (Lipinski definition) is 3. The minimum atomic E-state index is -3.38. The van der Waals surface area contributed by atoms with Crippen molar-refractivity contribution < 1.29 is 8.42 Å². The third-order valence-electron chi connectivity index (χ3n) is 3.00. The second-order valence-electron chi connectivity index (χ2n) is 5.54. The summed E-state index contributed by atoms with van der Waals surface area (Å²) in [6.07, 6.45) is 1.85. The molecule has 1 aliphatic rings. The number of nitrogens with two attached hydrogens (primary N) is 1. The summed E-state index contributed by atoms with van der Waals surface area (Å²) in [5, 5.41) is 3.00. The highest BCUT2D eigenvalue weighted by atomic mass is 127. The van der Waals surface area contributed by atoms with Gasteiger partial charge in [0.15, 0.2) is 5.96 Å². The van der Waals surface area contributed by atoms with Crippen molar-refractivity contribution >= 4 is 40.0 Å². The molecule has 0 spiro atoms. The Hall–Kier alpha value is -0.870. The monoisotopic (exact) mass is 438 g/mol. The van der Waals surface area contributed by atoms with Crippen molar-refractivity contribution in [2.45, 2.75) is 50.2 Å². The van der Waals surface area contributed by atoms with Crippen LogP contribution in [0.2, 0.25) is 0 Å². The van der Waals surface area contributed by atoms with Crippen LogP contribution in [-0.2, 0) is 16.6 Å². The quantitative estimate of drug-likeness (QED) is 0.357. The maximum absolute atomic E-state index is 12.0.